The van der Waals surface area contributed by atoms with E-state index in [1.807, 2.05) is 36.4 Å². The Kier molecular flexibility index (Phi) is 7.32. The molecule has 0 spiro atoms. The van der Waals surface area contributed by atoms with E-state index in [1.54, 1.807) is 0 Å². The first-order valence-corrected chi connectivity index (χ1v) is 12.0. The lowest BCUT2D eigenvalue weighted by Crippen LogP contribution is -2.45. The Morgan fingerprint density at radius 3 is 2.77 bits per heavy atom. The fourth-order valence-corrected chi connectivity index (χ4v) is 5.04. The average molecular weight is 505 g/mol. The second-order valence-electron chi connectivity index (χ2n) is 7.80. The molecule has 0 aromatic heterocycles. The first-order chi connectivity index (χ1) is 15.0. The molecular weight excluding hydrogens is 480 g/mol. The minimum atomic E-state index is -0.348. The zero-order chi connectivity index (χ0) is 21.8. The number of nitrogens with zero attached hydrogens (tertiary/aromatic N) is 1. The van der Waals surface area contributed by atoms with Crippen molar-refractivity contribution in [1.29, 1.82) is 0 Å². The first-order valence-electron chi connectivity index (χ1n) is 10.3. The summed E-state index contributed by atoms with van der Waals surface area (Å²) in [5.74, 6) is 0.586. The van der Waals surface area contributed by atoms with Crippen LogP contribution in [0, 0.1) is 0 Å². The third-order valence-corrected chi connectivity index (χ3v) is 7.02. The molecule has 6 nitrogen and oxygen atoms in total. The van der Waals surface area contributed by atoms with Gasteiger partial charge in [-0.3, -0.25) is 19.8 Å². The number of carbonyl (C=O) groups excluding carboxylic acids is 2. The number of carbonyl (C=O) groups is 2. The van der Waals surface area contributed by atoms with Crippen LogP contribution in [0.2, 0.25) is 0 Å². The maximum absolute atomic E-state index is 11.7. The lowest BCUT2D eigenvalue weighted by atomic mass is 10.1. The second-order valence-corrected chi connectivity index (χ2v) is 9.89. The molecule has 0 bridgehead atoms. The average Bonchev–Trinajstić information content (AvgIpc) is 3.09. The molecule has 0 radical (unpaired) electrons. The summed E-state index contributed by atoms with van der Waals surface area (Å²) < 4.78 is 13.1. The number of ether oxygens (including phenoxy) is 2. The van der Waals surface area contributed by atoms with Gasteiger partial charge >= 0.3 is 0 Å². The zero-order valence-electron chi connectivity index (χ0n) is 17.3. The van der Waals surface area contributed by atoms with Gasteiger partial charge in [-0.2, -0.15) is 0 Å². The van der Waals surface area contributed by atoms with Crippen molar-refractivity contribution < 1.29 is 19.1 Å². The molecule has 4 rings (SSSR count). The van der Waals surface area contributed by atoms with Crippen LogP contribution in [0.3, 0.4) is 0 Å². The normalized spacial score (nSPS) is 22.9. The van der Waals surface area contributed by atoms with E-state index in [2.05, 4.69) is 45.2 Å². The standard InChI is InChI=1S/C23H25BrN2O4S/c1-15(26-9-10-29-20(13-26)17-3-2-4-18(24)12-17)14-30-19-7-5-16(6-8-19)11-21-22(27)25-23(28)31-21/h2-8,12,15,20-21H,9-11,13-14H2,1H3,(H,25,27,28). The number of halogens is 1. The lowest BCUT2D eigenvalue weighted by molar-refractivity contribution is -0.118. The number of nitrogens with one attached hydrogen (secondary N) is 1. The fraction of sp³-hybridized carbons (Fsp3) is 0.391. The summed E-state index contributed by atoms with van der Waals surface area (Å²) in [7, 11) is 0. The number of thioether (sulfide) groups is 1. The molecule has 3 unspecified atom stereocenters. The summed E-state index contributed by atoms with van der Waals surface area (Å²) >= 11 is 4.59. The van der Waals surface area contributed by atoms with E-state index >= 15 is 0 Å². The molecule has 31 heavy (non-hydrogen) atoms. The molecule has 2 amide bonds. The maximum Gasteiger partial charge on any atom is 0.286 e. The molecule has 0 saturated carbocycles. The molecule has 2 saturated heterocycles. The van der Waals surface area contributed by atoms with Gasteiger partial charge in [-0.15, -0.1) is 0 Å². The van der Waals surface area contributed by atoms with Gasteiger partial charge in [0.15, 0.2) is 0 Å². The summed E-state index contributed by atoms with van der Waals surface area (Å²) in [5.41, 5.74) is 2.19. The summed E-state index contributed by atoms with van der Waals surface area (Å²) in [6.45, 7) is 5.17. The number of hydrogen-bond acceptors (Lipinski definition) is 6. The van der Waals surface area contributed by atoms with Crippen LogP contribution < -0.4 is 10.1 Å². The highest BCUT2D eigenvalue weighted by Crippen LogP contribution is 2.26. The smallest absolute Gasteiger partial charge is 0.286 e. The summed E-state index contributed by atoms with van der Waals surface area (Å²) in [4.78, 5) is 25.4. The topological polar surface area (TPSA) is 67.9 Å². The van der Waals surface area contributed by atoms with Gasteiger partial charge in [0, 0.05) is 23.6 Å². The number of morpholine rings is 1. The summed E-state index contributed by atoms with van der Waals surface area (Å²) in [5, 5.41) is 1.71. The summed E-state index contributed by atoms with van der Waals surface area (Å²) in [6.07, 6.45) is 0.592. The Bertz CT molecular complexity index is 939. The second kappa shape index (κ2) is 10.2. The maximum atomic E-state index is 11.7. The number of imide groups is 1. The van der Waals surface area contributed by atoms with Crippen LogP contribution in [0.4, 0.5) is 4.79 Å². The van der Waals surface area contributed by atoms with E-state index in [0.717, 1.165) is 40.6 Å². The van der Waals surface area contributed by atoms with Crippen LogP contribution in [0.5, 0.6) is 5.75 Å². The van der Waals surface area contributed by atoms with Crippen molar-refractivity contribution in [3.63, 3.8) is 0 Å². The van der Waals surface area contributed by atoms with E-state index in [1.165, 1.54) is 5.56 Å². The minimum absolute atomic E-state index is 0.0607. The van der Waals surface area contributed by atoms with Crippen molar-refractivity contribution in [3.05, 3.63) is 64.1 Å². The molecule has 1 N–H and O–H groups in total. The molecule has 2 heterocycles. The largest absolute Gasteiger partial charge is 0.492 e. The van der Waals surface area contributed by atoms with Crippen LogP contribution in [-0.2, 0) is 16.0 Å². The van der Waals surface area contributed by atoms with Crippen molar-refractivity contribution >= 4 is 38.8 Å². The molecular formula is C23H25BrN2O4S. The van der Waals surface area contributed by atoms with Crippen molar-refractivity contribution in [3.8, 4) is 5.75 Å². The quantitative estimate of drug-likeness (QED) is 0.609. The molecule has 164 valence electrons. The van der Waals surface area contributed by atoms with E-state index in [0.29, 0.717) is 19.6 Å². The van der Waals surface area contributed by atoms with Crippen molar-refractivity contribution in [2.45, 2.75) is 30.7 Å². The fourth-order valence-electron chi connectivity index (χ4n) is 3.76. The lowest BCUT2D eigenvalue weighted by Gasteiger charge is -2.37. The Hall–Kier alpha value is -1.87. The first kappa shape index (κ1) is 22.3. The Morgan fingerprint density at radius 2 is 2.06 bits per heavy atom. The number of hydrogen-bond donors (Lipinski definition) is 1. The van der Waals surface area contributed by atoms with Gasteiger partial charge in [-0.05, 0) is 48.7 Å². The number of amides is 2. The SMILES string of the molecule is CC(COc1ccc(CC2SC(=O)NC2=O)cc1)N1CCOC(c2cccc(Br)c2)C1. The van der Waals surface area contributed by atoms with Crippen molar-refractivity contribution in [1.82, 2.24) is 10.2 Å². The van der Waals surface area contributed by atoms with Gasteiger partial charge in [0.1, 0.15) is 12.4 Å². The van der Waals surface area contributed by atoms with Gasteiger partial charge in [-0.25, -0.2) is 0 Å². The van der Waals surface area contributed by atoms with Gasteiger partial charge < -0.3 is 9.47 Å². The van der Waals surface area contributed by atoms with Crippen LogP contribution in [0.15, 0.2) is 53.0 Å². The highest BCUT2D eigenvalue weighted by atomic mass is 79.9. The molecule has 8 heteroatoms. The molecule has 2 aromatic rings. The Labute approximate surface area is 194 Å². The van der Waals surface area contributed by atoms with Crippen LogP contribution >= 0.6 is 27.7 Å². The minimum Gasteiger partial charge on any atom is -0.492 e. The Balaban J connectivity index is 1.27. The molecule has 0 aliphatic carbocycles. The third-order valence-electron chi connectivity index (χ3n) is 5.54. The van der Waals surface area contributed by atoms with Crippen molar-refractivity contribution in [2.24, 2.45) is 0 Å². The van der Waals surface area contributed by atoms with E-state index in [9.17, 15) is 9.59 Å². The predicted molar refractivity (Wildman–Crippen MR) is 124 cm³/mol. The monoisotopic (exact) mass is 504 g/mol. The van der Waals surface area contributed by atoms with E-state index in [4.69, 9.17) is 9.47 Å². The van der Waals surface area contributed by atoms with Gasteiger partial charge in [0.05, 0.1) is 18.0 Å². The molecule has 2 aliphatic rings. The molecule has 3 atom stereocenters. The highest BCUT2D eigenvalue weighted by molar-refractivity contribution is 9.10. The van der Waals surface area contributed by atoms with Crippen LogP contribution in [0.1, 0.15) is 24.2 Å². The van der Waals surface area contributed by atoms with Crippen LogP contribution in [0.25, 0.3) is 0 Å². The van der Waals surface area contributed by atoms with Gasteiger partial charge in [0.2, 0.25) is 5.91 Å². The Morgan fingerprint density at radius 1 is 1.26 bits per heavy atom. The molecule has 2 aliphatic heterocycles. The molecule has 2 fully saturated rings. The molecule has 2 aromatic carbocycles. The highest BCUT2D eigenvalue weighted by Gasteiger charge is 2.31. The summed E-state index contributed by atoms with van der Waals surface area (Å²) in [6, 6.07) is 16.3. The predicted octanol–water partition coefficient (Wildman–Crippen LogP) is 4.18. The van der Waals surface area contributed by atoms with E-state index < -0.39 is 0 Å². The van der Waals surface area contributed by atoms with E-state index in [-0.39, 0.29) is 28.5 Å². The van der Waals surface area contributed by atoms with Crippen molar-refractivity contribution in [2.75, 3.05) is 26.3 Å². The number of rotatable bonds is 7. The number of benzene rings is 2. The van der Waals surface area contributed by atoms with Gasteiger partial charge in [-0.1, -0.05) is 52.0 Å². The third kappa shape index (κ3) is 5.88. The zero-order valence-corrected chi connectivity index (χ0v) is 19.7. The van der Waals surface area contributed by atoms with Gasteiger partial charge in [0.25, 0.3) is 5.24 Å². The van der Waals surface area contributed by atoms with Crippen LogP contribution in [-0.4, -0.2) is 53.6 Å².